The molecular weight excluding hydrogens is 246 g/mol. The number of Topliss-reactive ketones (excluding diaryl/α,β-unsaturated/α-hetero) is 1. The minimum Gasteiger partial charge on any atom is -0.293 e. The maximum absolute atomic E-state index is 12.3. The van der Waals surface area contributed by atoms with E-state index in [-0.39, 0.29) is 11.7 Å². The number of halogens is 1. The monoisotopic (exact) mass is 261 g/mol. The highest BCUT2D eigenvalue weighted by atomic mass is 35.5. The van der Waals surface area contributed by atoms with E-state index in [1.165, 1.54) is 6.42 Å². The Morgan fingerprint density at radius 3 is 2.39 bits per heavy atom. The lowest BCUT2D eigenvalue weighted by molar-refractivity contribution is 0.0895. The van der Waals surface area contributed by atoms with Gasteiger partial charge < -0.3 is 0 Å². The van der Waals surface area contributed by atoms with Crippen molar-refractivity contribution in [2.24, 2.45) is 11.8 Å². The van der Waals surface area contributed by atoms with Crippen molar-refractivity contribution in [3.8, 4) is 6.07 Å². The lowest BCUT2D eigenvalue weighted by atomic mass is 9.77. The van der Waals surface area contributed by atoms with Gasteiger partial charge in [-0.25, -0.2) is 0 Å². The zero-order valence-electron chi connectivity index (χ0n) is 10.2. The molecule has 18 heavy (non-hydrogen) atoms. The molecule has 1 fully saturated rings. The maximum atomic E-state index is 12.3. The molecule has 0 heterocycles. The lowest BCUT2D eigenvalue weighted by Crippen LogP contribution is -2.24. The minimum atomic E-state index is -0.494. The number of benzene rings is 1. The van der Waals surface area contributed by atoms with Crippen LogP contribution in [0.5, 0.6) is 0 Å². The van der Waals surface area contributed by atoms with Gasteiger partial charge in [0.05, 0.1) is 6.07 Å². The average Bonchev–Trinajstić information content (AvgIpc) is 2.41. The zero-order chi connectivity index (χ0) is 13.0. The molecule has 1 atom stereocenters. The lowest BCUT2D eigenvalue weighted by Gasteiger charge is -2.24. The van der Waals surface area contributed by atoms with E-state index < -0.39 is 5.92 Å². The van der Waals surface area contributed by atoms with Gasteiger partial charge in [-0.3, -0.25) is 4.79 Å². The molecule has 0 amide bonds. The van der Waals surface area contributed by atoms with Crippen LogP contribution in [0.2, 0.25) is 5.02 Å². The normalized spacial score (nSPS) is 18.0. The topological polar surface area (TPSA) is 40.9 Å². The Kier molecular flexibility index (Phi) is 4.38. The second-order valence-electron chi connectivity index (χ2n) is 4.88. The minimum absolute atomic E-state index is 0.0546. The largest absolute Gasteiger partial charge is 0.293 e. The van der Waals surface area contributed by atoms with E-state index in [1.807, 2.05) is 0 Å². The molecule has 0 aromatic heterocycles. The molecule has 94 valence electrons. The summed E-state index contributed by atoms with van der Waals surface area (Å²) in [6.07, 6.45) is 5.49. The third kappa shape index (κ3) is 2.91. The number of nitriles is 1. The first-order chi connectivity index (χ1) is 8.72. The van der Waals surface area contributed by atoms with Gasteiger partial charge in [0.1, 0.15) is 5.92 Å². The molecule has 1 unspecified atom stereocenters. The highest BCUT2D eigenvalue weighted by molar-refractivity contribution is 6.30. The van der Waals surface area contributed by atoms with Crippen molar-refractivity contribution in [3.63, 3.8) is 0 Å². The molecule has 0 bridgehead atoms. The van der Waals surface area contributed by atoms with E-state index in [0.717, 1.165) is 25.7 Å². The molecule has 0 spiro atoms. The smallest absolute Gasteiger partial charge is 0.180 e. The van der Waals surface area contributed by atoms with Crippen LogP contribution in [-0.2, 0) is 0 Å². The molecule has 1 aromatic rings. The Morgan fingerprint density at radius 1 is 1.22 bits per heavy atom. The van der Waals surface area contributed by atoms with Crippen molar-refractivity contribution < 1.29 is 4.79 Å². The Bertz CT molecular complexity index is 454. The summed E-state index contributed by atoms with van der Waals surface area (Å²) < 4.78 is 0. The summed E-state index contributed by atoms with van der Waals surface area (Å²) in [4.78, 5) is 12.3. The van der Waals surface area contributed by atoms with Crippen molar-refractivity contribution in [2.75, 3.05) is 0 Å². The Labute approximate surface area is 113 Å². The van der Waals surface area contributed by atoms with E-state index >= 15 is 0 Å². The number of rotatable bonds is 3. The first kappa shape index (κ1) is 13.1. The third-order valence-electron chi connectivity index (χ3n) is 3.67. The fourth-order valence-corrected chi connectivity index (χ4v) is 2.77. The maximum Gasteiger partial charge on any atom is 0.180 e. The van der Waals surface area contributed by atoms with E-state index in [9.17, 15) is 10.1 Å². The molecule has 1 saturated carbocycles. The molecule has 0 N–H and O–H groups in total. The number of hydrogen-bond acceptors (Lipinski definition) is 2. The molecule has 1 aromatic carbocycles. The molecule has 2 nitrogen and oxygen atoms in total. The van der Waals surface area contributed by atoms with Crippen LogP contribution in [0.1, 0.15) is 42.5 Å². The molecular formula is C15H16ClNO. The van der Waals surface area contributed by atoms with Gasteiger partial charge in [-0.05, 0) is 43.0 Å². The zero-order valence-corrected chi connectivity index (χ0v) is 11.0. The number of carbonyl (C=O) groups is 1. The van der Waals surface area contributed by atoms with E-state index in [0.29, 0.717) is 10.6 Å². The molecule has 1 aliphatic carbocycles. The second kappa shape index (κ2) is 6.02. The van der Waals surface area contributed by atoms with Crippen molar-refractivity contribution in [1.29, 1.82) is 5.26 Å². The van der Waals surface area contributed by atoms with Crippen LogP contribution in [0.3, 0.4) is 0 Å². The Balaban J connectivity index is 2.14. The first-order valence-corrected chi connectivity index (χ1v) is 6.79. The van der Waals surface area contributed by atoms with Gasteiger partial charge in [-0.2, -0.15) is 5.26 Å². The van der Waals surface area contributed by atoms with Gasteiger partial charge >= 0.3 is 0 Å². The SMILES string of the molecule is N#CC(C(=O)c1ccc(Cl)cc1)C1CCCCC1. The average molecular weight is 262 g/mol. The van der Waals surface area contributed by atoms with Gasteiger partial charge in [0.25, 0.3) is 0 Å². The van der Waals surface area contributed by atoms with Crippen LogP contribution in [0.15, 0.2) is 24.3 Å². The summed E-state index contributed by atoms with van der Waals surface area (Å²) in [7, 11) is 0. The highest BCUT2D eigenvalue weighted by Gasteiger charge is 2.29. The van der Waals surface area contributed by atoms with Crippen LogP contribution in [0.4, 0.5) is 0 Å². The summed E-state index contributed by atoms with van der Waals surface area (Å²) in [5.74, 6) is -0.320. The Hall–Kier alpha value is -1.33. The van der Waals surface area contributed by atoms with Crippen LogP contribution in [-0.4, -0.2) is 5.78 Å². The van der Waals surface area contributed by atoms with E-state index in [2.05, 4.69) is 6.07 Å². The van der Waals surface area contributed by atoms with Crippen LogP contribution < -0.4 is 0 Å². The van der Waals surface area contributed by atoms with Crippen molar-refractivity contribution in [1.82, 2.24) is 0 Å². The standard InChI is InChI=1S/C15H16ClNO/c16-13-8-6-12(7-9-13)15(18)14(10-17)11-4-2-1-3-5-11/h6-9,11,14H,1-5H2. The summed E-state index contributed by atoms with van der Waals surface area (Å²) in [5, 5.41) is 9.88. The van der Waals surface area contributed by atoms with Gasteiger partial charge in [0, 0.05) is 10.6 Å². The fraction of sp³-hybridized carbons (Fsp3) is 0.467. The van der Waals surface area contributed by atoms with Gasteiger partial charge in [0.2, 0.25) is 0 Å². The molecule has 1 aliphatic rings. The van der Waals surface area contributed by atoms with E-state index in [4.69, 9.17) is 11.6 Å². The quantitative estimate of drug-likeness (QED) is 0.764. The van der Waals surface area contributed by atoms with E-state index in [1.54, 1.807) is 24.3 Å². The first-order valence-electron chi connectivity index (χ1n) is 6.42. The fourth-order valence-electron chi connectivity index (χ4n) is 2.64. The number of ketones is 1. The number of nitrogens with zero attached hydrogens (tertiary/aromatic N) is 1. The molecule has 2 rings (SSSR count). The summed E-state index contributed by atoms with van der Waals surface area (Å²) >= 11 is 5.80. The number of carbonyl (C=O) groups excluding carboxylic acids is 1. The molecule has 0 saturated heterocycles. The summed E-state index contributed by atoms with van der Waals surface area (Å²) in [5.41, 5.74) is 0.594. The molecule has 0 radical (unpaired) electrons. The van der Waals surface area contributed by atoms with Gasteiger partial charge in [0.15, 0.2) is 5.78 Å². The highest BCUT2D eigenvalue weighted by Crippen LogP contribution is 2.31. The van der Waals surface area contributed by atoms with Crippen LogP contribution >= 0.6 is 11.6 Å². The molecule has 3 heteroatoms. The summed E-state index contributed by atoms with van der Waals surface area (Å²) in [6.45, 7) is 0. The second-order valence-corrected chi connectivity index (χ2v) is 5.31. The summed E-state index contributed by atoms with van der Waals surface area (Å²) in [6, 6.07) is 9.01. The third-order valence-corrected chi connectivity index (χ3v) is 3.92. The van der Waals surface area contributed by atoms with Crippen LogP contribution in [0.25, 0.3) is 0 Å². The number of hydrogen-bond donors (Lipinski definition) is 0. The van der Waals surface area contributed by atoms with Gasteiger partial charge in [-0.1, -0.05) is 30.9 Å². The van der Waals surface area contributed by atoms with Crippen molar-refractivity contribution >= 4 is 17.4 Å². The van der Waals surface area contributed by atoms with Gasteiger partial charge in [-0.15, -0.1) is 0 Å². The molecule has 0 aliphatic heterocycles. The Morgan fingerprint density at radius 2 is 1.83 bits per heavy atom. The predicted octanol–water partition coefficient (Wildman–Crippen LogP) is 4.24. The van der Waals surface area contributed by atoms with Crippen molar-refractivity contribution in [3.05, 3.63) is 34.9 Å². The van der Waals surface area contributed by atoms with Crippen LogP contribution in [0, 0.1) is 23.2 Å². The predicted molar refractivity (Wildman–Crippen MR) is 71.5 cm³/mol. The van der Waals surface area contributed by atoms with Crippen molar-refractivity contribution in [2.45, 2.75) is 32.1 Å².